The molecule has 2 heterocycles. The van der Waals surface area contributed by atoms with E-state index in [1.54, 1.807) is 0 Å². The number of benzene rings is 2. The molecule has 1 aliphatic heterocycles. The molecule has 3 nitrogen and oxygen atoms in total. The van der Waals surface area contributed by atoms with E-state index in [1.807, 2.05) is 60.4 Å². The largest absolute Gasteiger partial charge is 0.339 e. The Hall–Kier alpha value is -2.52. The molecule has 0 saturated carbocycles. The lowest BCUT2D eigenvalue weighted by atomic mass is 10.1. The molecule has 3 aromatic rings. The lowest BCUT2D eigenvalue weighted by molar-refractivity contribution is 0.0792. The minimum absolute atomic E-state index is 0.130. The maximum Gasteiger partial charge on any atom is 0.255 e. The minimum atomic E-state index is 0.130. The second-order valence-electron chi connectivity index (χ2n) is 6.71. The number of carbonyl (C=O) groups excluding carboxylic acids is 1. The van der Waals surface area contributed by atoms with E-state index < -0.39 is 0 Å². The average Bonchev–Trinajstić information content (AvgIpc) is 3.31. The van der Waals surface area contributed by atoms with Gasteiger partial charge in [0.25, 0.3) is 5.91 Å². The molecule has 0 unspecified atom stereocenters. The highest BCUT2D eigenvalue weighted by Crippen LogP contribution is 2.31. The Morgan fingerprint density at radius 1 is 0.962 bits per heavy atom. The molecular weight excluding hydrogens is 344 g/mol. The molecular formula is C22H21ClN2O. The second-order valence-corrected chi connectivity index (χ2v) is 7.14. The molecule has 1 aromatic heterocycles. The maximum absolute atomic E-state index is 13.0. The highest BCUT2D eigenvalue weighted by molar-refractivity contribution is 6.30. The molecule has 2 aromatic carbocycles. The summed E-state index contributed by atoms with van der Waals surface area (Å²) in [4.78, 5) is 15.0. The van der Waals surface area contributed by atoms with Crippen LogP contribution in [-0.2, 0) is 0 Å². The van der Waals surface area contributed by atoms with Gasteiger partial charge >= 0.3 is 0 Å². The Morgan fingerprint density at radius 3 is 2.27 bits per heavy atom. The molecule has 4 heteroatoms. The number of likely N-dealkylation sites (tertiary alicyclic amines) is 1. The van der Waals surface area contributed by atoms with Gasteiger partial charge in [-0.3, -0.25) is 4.79 Å². The van der Waals surface area contributed by atoms with Crippen LogP contribution in [0.2, 0.25) is 5.02 Å². The van der Waals surface area contributed by atoms with Crippen molar-refractivity contribution in [1.29, 1.82) is 0 Å². The normalized spacial score (nSPS) is 14.0. The van der Waals surface area contributed by atoms with Crippen LogP contribution < -0.4 is 0 Å². The zero-order valence-corrected chi connectivity index (χ0v) is 15.5. The first-order valence-electron chi connectivity index (χ1n) is 8.98. The van der Waals surface area contributed by atoms with Crippen molar-refractivity contribution in [3.63, 3.8) is 0 Å². The summed E-state index contributed by atoms with van der Waals surface area (Å²) in [6.07, 6.45) is 2.18. The highest BCUT2D eigenvalue weighted by atomic mass is 35.5. The van der Waals surface area contributed by atoms with Gasteiger partial charge in [0.15, 0.2) is 0 Å². The fourth-order valence-electron chi connectivity index (χ4n) is 3.66. The van der Waals surface area contributed by atoms with E-state index >= 15 is 0 Å². The van der Waals surface area contributed by atoms with Crippen molar-refractivity contribution < 1.29 is 4.79 Å². The number of para-hydroxylation sites is 1. The molecule has 1 amide bonds. The molecule has 0 aliphatic carbocycles. The second kappa shape index (κ2) is 7.00. The third kappa shape index (κ3) is 3.04. The standard InChI is InChI=1S/C22H21ClN2O/c1-16-20(22(26)24-13-5-6-14-24)15-21(17-9-11-18(23)12-10-17)25(16)19-7-3-2-4-8-19/h2-4,7-12,15H,5-6,13-14H2,1H3. The Balaban J connectivity index is 1.87. The third-order valence-corrected chi connectivity index (χ3v) is 5.28. The van der Waals surface area contributed by atoms with Gasteiger partial charge in [-0.05, 0) is 55.7 Å². The molecule has 0 atom stereocenters. The topological polar surface area (TPSA) is 25.2 Å². The molecule has 0 radical (unpaired) electrons. The minimum Gasteiger partial charge on any atom is -0.339 e. The van der Waals surface area contributed by atoms with Crippen LogP contribution in [0, 0.1) is 6.92 Å². The van der Waals surface area contributed by atoms with Gasteiger partial charge in [0, 0.05) is 29.5 Å². The van der Waals surface area contributed by atoms with Crippen LogP contribution in [0.15, 0.2) is 60.7 Å². The van der Waals surface area contributed by atoms with Crippen molar-refractivity contribution in [2.24, 2.45) is 0 Å². The van der Waals surface area contributed by atoms with Crippen LogP contribution in [0.25, 0.3) is 16.9 Å². The van der Waals surface area contributed by atoms with E-state index in [2.05, 4.69) is 16.7 Å². The summed E-state index contributed by atoms with van der Waals surface area (Å²) in [6, 6.07) is 20.0. The van der Waals surface area contributed by atoms with Gasteiger partial charge in [0.1, 0.15) is 0 Å². The predicted molar refractivity (Wildman–Crippen MR) is 106 cm³/mol. The van der Waals surface area contributed by atoms with E-state index in [0.717, 1.165) is 54.1 Å². The summed E-state index contributed by atoms with van der Waals surface area (Å²) in [7, 11) is 0. The monoisotopic (exact) mass is 364 g/mol. The number of hydrogen-bond donors (Lipinski definition) is 0. The molecule has 4 rings (SSSR count). The van der Waals surface area contributed by atoms with Gasteiger partial charge in [-0.2, -0.15) is 0 Å². The van der Waals surface area contributed by atoms with Crippen molar-refractivity contribution in [1.82, 2.24) is 9.47 Å². The number of hydrogen-bond acceptors (Lipinski definition) is 1. The van der Waals surface area contributed by atoms with Crippen LogP contribution in [0.4, 0.5) is 0 Å². The predicted octanol–water partition coefficient (Wildman–Crippen LogP) is 5.34. The number of rotatable bonds is 3. The summed E-state index contributed by atoms with van der Waals surface area (Å²) in [6.45, 7) is 3.73. The molecule has 1 aliphatic rings. The van der Waals surface area contributed by atoms with E-state index in [-0.39, 0.29) is 5.91 Å². The van der Waals surface area contributed by atoms with Crippen molar-refractivity contribution in [2.75, 3.05) is 13.1 Å². The van der Waals surface area contributed by atoms with Gasteiger partial charge in [-0.1, -0.05) is 41.9 Å². The van der Waals surface area contributed by atoms with Gasteiger partial charge in [0.05, 0.1) is 11.3 Å². The van der Waals surface area contributed by atoms with Crippen LogP contribution in [0.1, 0.15) is 28.9 Å². The highest BCUT2D eigenvalue weighted by Gasteiger charge is 2.25. The summed E-state index contributed by atoms with van der Waals surface area (Å²) in [5, 5.41) is 0.705. The first kappa shape index (κ1) is 16.9. The molecule has 0 bridgehead atoms. The van der Waals surface area contributed by atoms with Crippen molar-refractivity contribution >= 4 is 17.5 Å². The van der Waals surface area contributed by atoms with Crippen LogP contribution in [-0.4, -0.2) is 28.5 Å². The third-order valence-electron chi connectivity index (χ3n) is 5.03. The van der Waals surface area contributed by atoms with E-state index in [0.29, 0.717) is 5.02 Å². The molecule has 1 fully saturated rings. The smallest absolute Gasteiger partial charge is 0.255 e. The Kier molecular flexibility index (Phi) is 4.56. The van der Waals surface area contributed by atoms with Gasteiger partial charge in [0.2, 0.25) is 0 Å². The van der Waals surface area contributed by atoms with Crippen LogP contribution in [0.3, 0.4) is 0 Å². The van der Waals surface area contributed by atoms with E-state index in [4.69, 9.17) is 11.6 Å². The Morgan fingerprint density at radius 2 is 1.62 bits per heavy atom. The lowest BCUT2D eigenvalue weighted by Crippen LogP contribution is -2.27. The number of nitrogens with zero attached hydrogens (tertiary/aromatic N) is 2. The Labute approximate surface area is 158 Å². The van der Waals surface area contributed by atoms with E-state index in [1.165, 1.54) is 0 Å². The van der Waals surface area contributed by atoms with Gasteiger partial charge in [-0.25, -0.2) is 0 Å². The van der Waals surface area contributed by atoms with E-state index in [9.17, 15) is 4.79 Å². The van der Waals surface area contributed by atoms with Crippen molar-refractivity contribution in [2.45, 2.75) is 19.8 Å². The summed E-state index contributed by atoms with van der Waals surface area (Å²) >= 11 is 6.06. The quantitative estimate of drug-likeness (QED) is 0.615. The molecule has 132 valence electrons. The Bertz CT molecular complexity index is 923. The SMILES string of the molecule is Cc1c(C(=O)N2CCCC2)cc(-c2ccc(Cl)cc2)n1-c1ccccc1. The summed E-state index contributed by atoms with van der Waals surface area (Å²) < 4.78 is 2.16. The van der Waals surface area contributed by atoms with Crippen molar-refractivity contribution in [3.8, 4) is 16.9 Å². The van der Waals surface area contributed by atoms with Gasteiger partial charge in [-0.15, -0.1) is 0 Å². The fraction of sp³-hybridized carbons (Fsp3) is 0.227. The number of aromatic nitrogens is 1. The average molecular weight is 365 g/mol. The number of halogens is 1. The first-order chi connectivity index (χ1) is 12.6. The van der Waals surface area contributed by atoms with Crippen LogP contribution >= 0.6 is 11.6 Å². The molecule has 26 heavy (non-hydrogen) atoms. The van der Waals surface area contributed by atoms with Crippen molar-refractivity contribution in [3.05, 3.63) is 76.9 Å². The number of amides is 1. The fourth-order valence-corrected chi connectivity index (χ4v) is 3.78. The summed E-state index contributed by atoms with van der Waals surface area (Å²) in [5.74, 6) is 0.130. The van der Waals surface area contributed by atoms with Gasteiger partial charge < -0.3 is 9.47 Å². The first-order valence-corrected chi connectivity index (χ1v) is 9.36. The summed E-state index contributed by atoms with van der Waals surface area (Å²) in [5.41, 5.74) is 4.85. The molecule has 0 N–H and O–H groups in total. The lowest BCUT2D eigenvalue weighted by Gasteiger charge is -2.15. The zero-order chi connectivity index (χ0) is 18.1. The molecule has 0 spiro atoms. The molecule has 1 saturated heterocycles. The number of carbonyl (C=O) groups is 1. The zero-order valence-electron chi connectivity index (χ0n) is 14.8. The van der Waals surface area contributed by atoms with Crippen LogP contribution in [0.5, 0.6) is 0 Å². The maximum atomic E-state index is 13.0.